The van der Waals surface area contributed by atoms with Gasteiger partial charge in [-0.25, -0.2) is 9.97 Å². The molecule has 5 N–H and O–H groups in total. The molecule has 1 fully saturated rings. The number of ether oxygens (including phenoxy) is 1. The summed E-state index contributed by atoms with van der Waals surface area (Å²) in [7, 11) is 0. The van der Waals surface area contributed by atoms with Crippen molar-refractivity contribution < 1.29 is 19.4 Å². The van der Waals surface area contributed by atoms with Crippen LogP contribution in [0.2, 0.25) is 10.0 Å². The number of phenols is 1. The number of benzene rings is 1. The number of halogens is 2. The molecule has 202 valence electrons. The first-order chi connectivity index (χ1) is 18.6. The van der Waals surface area contributed by atoms with E-state index in [-0.39, 0.29) is 39.2 Å². The lowest BCUT2D eigenvalue weighted by Gasteiger charge is -2.34. The highest BCUT2D eigenvalue weighted by Gasteiger charge is 2.23. The van der Waals surface area contributed by atoms with Gasteiger partial charge in [0, 0.05) is 24.4 Å². The van der Waals surface area contributed by atoms with E-state index in [2.05, 4.69) is 25.2 Å². The van der Waals surface area contributed by atoms with Crippen LogP contribution in [0, 0.1) is 0 Å². The third-order valence-electron chi connectivity index (χ3n) is 6.39. The van der Waals surface area contributed by atoms with Crippen LogP contribution in [-0.2, 0) is 16.1 Å². The molecule has 1 atom stereocenters. The van der Waals surface area contributed by atoms with Crippen LogP contribution < -0.4 is 21.5 Å². The normalized spacial score (nSPS) is 15.5. The largest absolute Gasteiger partial charge is 0.506 e. The highest BCUT2D eigenvalue weighted by atomic mass is 35.5. The summed E-state index contributed by atoms with van der Waals surface area (Å²) in [6.07, 6.45) is 4.23. The van der Waals surface area contributed by atoms with E-state index >= 15 is 0 Å². The molecule has 4 aromatic rings. The zero-order chi connectivity index (χ0) is 27.8. The molecular weight excluding hydrogens is 549 g/mol. The molecule has 1 saturated heterocycles. The molecule has 0 aliphatic carbocycles. The van der Waals surface area contributed by atoms with Gasteiger partial charge < -0.3 is 35.3 Å². The predicted molar refractivity (Wildman–Crippen MR) is 146 cm³/mol. The van der Waals surface area contributed by atoms with E-state index in [4.69, 9.17) is 33.7 Å². The summed E-state index contributed by atoms with van der Waals surface area (Å²) in [5, 5.41) is 13.2. The second kappa shape index (κ2) is 10.6. The standard InChI is InChI=1S/C25H23Cl2N7O5/c1-12-10-39-3-2-34(12)19-6-18(17(27)7-29-19)32-20(35)9-33-8-15(21-24(33)30-11-31-25(21)38)13-4-14(23(28)37)22(36)16(26)5-13/h4-8,11-12,36H,2-3,9-10H2,1H3,(H2,28,37)(H,29,32,35)(H,30,31,38)/t12-/m0/s1. The van der Waals surface area contributed by atoms with Gasteiger partial charge in [-0.1, -0.05) is 23.2 Å². The number of nitrogens with two attached hydrogens (primary N) is 1. The maximum Gasteiger partial charge on any atom is 0.260 e. The first-order valence-electron chi connectivity index (χ1n) is 11.8. The number of carbonyl (C=O) groups is 2. The minimum atomic E-state index is -0.897. The Kier molecular flexibility index (Phi) is 7.17. The number of amides is 2. The number of aromatic nitrogens is 4. The monoisotopic (exact) mass is 571 g/mol. The number of rotatable bonds is 6. The average Bonchev–Trinajstić information content (AvgIpc) is 3.26. The first-order valence-corrected chi connectivity index (χ1v) is 12.6. The SMILES string of the molecule is C[C@H]1COCCN1c1cc(NC(=O)Cn2cc(-c3cc(Cl)c(O)c(C(N)=O)c3)c3c(=O)[nH]cnc32)c(Cl)cn1. The number of anilines is 2. The predicted octanol–water partition coefficient (Wildman–Crippen LogP) is 2.76. The summed E-state index contributed by atoms with van der Waals surface area (Å²) in [5.74, 6) is -1.15. The molecule has 14 heteroatoms. The van der Waals surface area contributed by atoms with E-state index in [1.807, 2.05) is 6.92 Å². The van der Waals surface area contributed by atoms with Crippen molar-refractivity contribution in [1.29, 1.82) is 0 Å². The van der Waals surface area contributed by atoms with Gasteiger partial charge >= 0.3 is 0 Å². The summed E-state index contributed by atoms with van der Waals surface area (Å²) in [5.41, 5.74) is 5.95. The van der Waals surface area contributed by atoms with Crippen molar-refractivity contribution >= 4 is 57.6 Å². The molecule has 0 spiro atoms. The fourth-order valence-corrected chi connectivity index (χ4v) is 4.88. The van der Waals surface area contributed by atoms with Crippen molar-refractivity contribution in [2.24, 2.45) is 5.73 Å². The molecule has 1 aliphatic rings. The first kappa shape index (κ1) is 26.5. The van der Waals surface area contributed by atoms with E-state index in [9.17, 15) is 19.5 Å². The zero-order valence-electron chi connectivity index (χ0n) is 20.6. The maximum atomic E-state index is 13.1. The summed E-state index contributed by atoms with van der Waals surface area (Å²) in [6.45, 7) is 3.58. The lowest BCUT2D eigenvalue weighted by molar-refractivity contribution is -0.116. The van der Waals surface area contributed by atoms with Crippen molar-refractivity contribution in [2.75, 3.05) is 30.0 Å². The number of hydrogen-bond donors (Lipinski definition) is 4. The Labute approximate surface area is 231 Å². The summed E-state index contributed by atoms with van der Waals surface area (Å²) >= 11 is 12.5. The van der Waals surface area contributed by atoms with E-state index in [0.717, 1.165) is 0 Å². The molecule has 1 aromatic carbocycles. The Hall–Kier alpha value is -4.13. The van der Waals surface area contributed by atoms with Gasteiger partial charge in [0.2, 0.25) is 5.91 Å². The van der Waals surface area contributed by atoms with Gasteiger partial charge in [-0.2, -0.15) is 0 Å². The van der Waals surface area contributed by atoms with Crippen LogP contribution in [0.3, 0.4) is 0 Å². The molecule has 3 aromatic heterocycles. The van der Waals surface area contributed by atoms with E-state index < -0.39 is 23.1 Å². The third-order valence-corrected chi connectivity index (χ3v) is 6.98. The van der Waals surface area contributed by atoms with Crippen LogP contribution in [0.1, 0.15) is 17.3 Å². The van der Waals surface area contributed by atoms with Crippen LogP contribution >= 0.6 is 23.2 Å². The van der Waals surface area contributed by atoms with Gasteiger partial charge in [-0.05, 0) is 24.6 Å². The van der Waals surface area contributed by atoms with E-state index in [0.29, 0.717) is 42.4 Å². The van der Waals surface area contributed by atoms with Crippen LogP contribution in [0.15, 0.2) is 41.7 Å². The number of primary amides is 1. The van der Waals surface area contributed by atoms with E-state index in [1.165, 1.54) is 35.4 Å². The number of pyridine rings is 1. The molecule has 0 bridgehead atoms. The molecular formula is C25H23Cl2N7O5. The lowest BCUT2D eigenvalue weighted by atomic mass is 10.0. The fraction of sp³-hybridized carbons (Fsp3) is 0.240. The molecule has 5 rings (SSSR count). The van der Waals surface area contributed by atoms with Crippen LogP contribution in [0.5, 0.6) is 5.75 Å². The molecule has 12 nitrogen and oxygen atoms in total. The molecule has 0 saturated carbocycles. The Morgan fingerprint density at radius 3 is 2.79 bits per heavy atom. The van der Waals surface area contributed by atoms with Gasteiger partial charge in [-0.15, -0.1) is 0 Å². The number of nitrogens with one attached hydrogen (secondary N) is 2. The number of aromatic hydroxyl groups is 1. The quantitative estimate of drug-likeness (QED) is 0.274. The number of morpholine rings is 1. The Bertz CT molecular complexity index is 1670. The Morgan fingerprint density at radius 2 is 2.05 bits per heavy atom. The second-order valence-electron chi connectivity index (χ2n) is 9.01. The summed E-state index contributed by atoms with van der Waals surface area (Å²) < 4.78 is 6.97. The highest BCUT2D eigenvalue weighted by Crippen LogP contribution is 2.36. The smallest absolute Gasteiger partial charge is 0.260 e. The molecule has 0 unspecified atom stereocenters. The summed E-state index contributed by atoms with van der Waals surface area (Å²) in [6, 6.07) is 4.52. The zero-order valence-corrected chi connectivity index (χ0v) is 22.1. The minimum absolute atomic E-state index is 0.105. The lowest BCUT2D eigenvalue weighted by Crippen LogP contribution is -2.44. The topological polar surface area (TPSA) is 168 Å². The number of carbonyl (C=O) groups excluding carboxylic acids is 2. The Balaban J connectivity index is 1.48. The Morgan fingerprint density at radius 1 is 1.26 bits per heavy atom. The fourth-order valence-electron chi connectivity index (χ4n) is 4.51. The van der Waals surface area contributed by atoms with Gasteiger partial charge in [0.05, 0.1) is 58.5 Å². The molecule has 0 radical (unpaired) electrons. The minimum Gasteiger partial charge on any atom is -0.506 e. The van der Waals surface area contributed by atoms with Crippen LogP contribution in [0.4, 0.5) is 11.5 Å². The van der Waals surface area contributed by atoms with Crippen molar-refractivity contribution in [1.82, 2.24) is 19.5 Å². The van der Waals surface area contributed by atoms with Gasteiger partial charge in [-0.3, -0.25) is 14.4 Å². The van der Waals surface area contributed by atoms with E-state index in [1.54, 1.807) is 6.07 Å². The average molecular weight is 572 g/mol. The number of hydrogen-bond acceptors (Lipinski definition) is 8. The van der Waals surface area contributed by atoms with Crippen molar-refractivity contribution in [2.45, 2.75) is 19.5 Å². The molecule has 1 aliphatic heterocycles. The maximum absolute atomic E-state index is 13.1. The van der Waals surface area contributed by atoms with Crippen LogP contribution in [0.25, 0.3) is 22.2 Å². The number of nitrogens with zero attached hydrogens (tertiary/aromatic N) is 4. The van der Waals surface area contributed by atoms with Crippen LogP contribution in [-0.4, -0.2) is 62.2 Å². The van der Waals surface area contributed by atoms with Gasteiger partial charge in [0.1, 0.15) is 23.8 Å². The van der Waals surface area contributed by atoms with Crippen molar-refractivity contribution in [3.05, 3.63) is 62.9 Å². The van der Waals surface area contributed by atoms with Crippen molar-refractivity contribution in [3.63, 3.8) is 0 Å². The van der Waals surface area contributed by atoms with Gasteiger partial charge in [0.15, 0.2) is 0 Å². The molecule has 2 amide bonds. The van der Waals surface area contributed by atoms with Crippen molar-refractivity contribution in [3.8, 4) is 16.9 Å². The molecule has 39 heavy (non-hydrogen) atoms. The third kappa shape index (κ3) is 5.13. The number of aromatic amines is 1. The number of fused-ring (bicyclic) bond motifs is 1. The number of H-pyrrole nitrogens is 1. The summed E-state index contributed by atoms with van der Waals surface area (Å²) in [4.78, 5) is 50.9. The second-order valence-corrected chi connectivity index (χ2v) is 9.82. The van der Waals surface area contributed by atoms with Gasteiger partial charge in [0.25, 0.3) is 11.5 Å². The molecule has 4 heterocycles. The highest BCUT2D eigenvalue weighted by molar-refractivity contribution is 6.34.